The first kappa shape index (κ1) is 22.9. The molecule has 0 bridgehead atoms. The van der Waals surface area contributed by atoms with Crippen LogP contribution in [-0.4, -0.2) is 30.2 Å². The molecule has 4 nitrogen and oxygen atoms in total. The highest BCUT2D eigenvalue weighted by atomic mass is 28.3. The number of benzene rings is 3. The molecule has 1 heterocycles. The van der Waals surface area contributed by atoms with Gasteiger partial charge in [-0.05, 0) is 29.8 Å². The molecule has 0 N–H and O–H groups in total. The molecule has 0 amide bonds. The molecule has 1 aromatic heterocycles. The van der Waals surface area contributed by atoms with Gasteiger partial charge in [0, 0.05) is 31.2 Å². The summed E-state index contributed by atoms with van der Waals surface area (Å²) >= 11 is 0. The van der Waals surface area contributed by atoms with Crippen LogP contribution in [0.5, 0.6) is 0 Å². The molecule has 0 saturated carbocycles. The maximum Gasteiger partial charge on any atom is 0.193 e. The zero-order valence-corrected chi connectivity index (χ0v) is 20.5. The number of ether oxygens (including phenoxy) is 1. The summed E-state index contributed by atoms with van der Waals surface area (Å²) in [6.07, 6.45) is 4.08. The monoisotopic (exact) mass is 454 g/mol. The fourth-order valence-corrected chi connectivity index (χ4v) is 4.34. The van der Waals surface area contributed by atoms with Crippen LogP contribution in [0.4, 0.5) is 0 Å². The lowest BCUT2D eigenvalue weighted by Gasteiger charge is -2.15. The highest BCUT2D eigenvalue weighted by molar-refractivity contribution is 6.76. The number of ketones is 1. The van der Waals surface area contributed by atoms with E-state index in [0.717, 1.165) is 34.8 Å². The van der Waals surface area contributed by atoms with Crippen molar-refractivity contribution in [2.24, 2.45) is 0 Å². The Morgan fingerprint density at radius 3 is 2.30 bits per heavy atom. The molecule has 0 unspecified atom stereocenters. The van der Waals surface area contributed by atoms with Gasteiger partial charge in [0.15, 0.2) is 5.78 Å². The molecule has 0 atom stereocenters. The van der Waals surface area contributed by atoms with E-state index in [1.54, 1.807) is 0 Å². The van der Waals surface area contributed by atoms with Gasteiger partial charge in [-0.1, -0.05) is 92.4 Å². The Morgan fingerprint density at radius 1 is 0.909 bits per heavy atom. The van der Waals surface area contributed by atoms with Crippen molar-refractivity contribution in [3.8, 4) is 0 Å². The van der Waals surface area contributed by atoms with Gasteiger partial charge in [-0.15, -0.1) is 0 Å². The predicted octanol–water partition coefficient (Wildman–Crippen LogP) is 6.75. The molecule has 0 aliphatic heterocycles. The van der Waals surface area contributed by atoms with E-state index in [9.17, 15) is 4.79 Å². The minimum Gasteiger partial charge on any atom is -0.360 e. The van der Waals surface area contributed by atoms with Crippen LogP contribution in [0.3, 0.4) is 0 Å². The maximum absolute atomic E-state index is 13.0. The second-order valence-electron chi connectivity index (χ2n) is 9.40. The predicted molar refractivity (Wildman–Crippen MR) is 139 cm³/mol. The van der Waals surface area contributed by atoms with Crippen LogP contribution in [0, 0.1) is 0 Å². The third-order valence-electron chi connectivity index (χ3n) is 5.52. The number of nitrogens with zero attached hydrogens (tertiary/aromatic N) is 2. The Kier molecular flexibility index (Phi) is 7.01. The molecule has 0 fully saturated rings. The SMILES string of the molecule is C[Si](C)(C)CCOCn1nc(/C=C/c2ccccc2)c2ccc(C(=O)c3ccccc3)cc21. The Morgan fingerprint density at radius 2 is 1.61 bits per heavy atom. The Hall–Kier alpha value is -3.28. The average molecular weight is 455 g/mol. The van der Waals surface area contributed by atoms with Crippen molar-refractivity contribution in [2.75, 3.05) is 6.61 Å². The van der Waals surface area contributed by atoms with Crippen molar-refractivity contribution >= 4 is 36.9 Å². The molecule has 33 heavy (non-hydrogen) atoms. The summed E-state index contributed by atoms with van der Waals surface area (Å²) in [5, 5.41) is 5.82. The van der Waals surface area contributed by atoms with Crippen LogP contribution in [0.25, 0.3) is 23.1 Å². The third kappa shape index (κ3) is 5.95. The number of carbonyl (C=O) groups is 1. The first-order valence-electron chi connectivity index (χ1n) is 11.3. The van der Waals surface area contributed by atoms with Gasteiger partial charge < -0.3 is 4.74 Å². The van der Waals surface area contributed by atoms with Crippen LogP contribution >= 0.6 is 0 Å². The standard InChI is InChI=1S/C28H30N2O2Si/c1-33(2,3)19-18-32-21-30-27-20-24(28(31)23-12-8-5-9-13-23)15-16-25(27)26(29-30)17-14-22-10-6-4-7-11-22/h4-17,20H,18-19,21H2,1-3H3/b17-14+. The quantitative estimate of drug-likeness (QED) is 0.160. The first-order chi connectivity index (χ1) is 15.9. The summed E-state index contributed by atoms with van der Waals surface area (Å²) in [6.45, 7) is 8.10. The normalized spacial score (nSPS) is 12.0. The number of aromatic nitrogens is 2. The van der Waals surface area contributed by atoms with Gasteiger partial charge in [0.25, 0.3) is 0 Å². The van der Waals surface area contributed by atoms with Crippen molar-refractivity contribution in [3.63, 3.8) is 0 Å². The largest absolute Gasteiger partial charge is 0.360 e. The third-order valence-corrected chi connectivity index (χ3v) is 7.23. The van der Waals surface area contributed by atoms with Crippen molar-refractivity contribution < 1.29 is 9.53 Å². The minimum absolute atomic E-state index is 0.00581. The van der Waals surface area contributed by atoms with Crippen LogP contribution in [0.2, 0.25) is 25.7 Å². The molecule has 0 aliphatic rings. The van der Waals surface area contributed by atoms with E-state index in [2.05, 4.69) is 37.8 Å². The second-order valence-corrected chi connectivity index (χ2v) is 15.0. The molecule has 0 radical (unpaired) electrons. The summed E-state index contributed by atoms with van der Waals surface area (Å²) in [7, 11) is -1.17. The van der Waals surface area contributed by atoms with E-state index in [-0.39, 0.29) is 5.78 Å². The smallest absolute Gasteiger partial charge is 0.193 e. The molecule has 168 valence electrons. The number of hydrogen-bond acceptors (Lipinski definition) is 3. The zero-order chi connectivity index (χ0) is 23.3. The molecule has 0 aliphatic carbocycles. The Balaban J connectivity index is 1.66. The topological polar surface area (TPSA) is 44.1 Å². The molecule has 4 rings (SSSR count). The van der Waals surface area contributed by atoms with E-state index in [1.165, 1.54) is 0 Å². The van der Waals surface area contributed by atoms with E-state index in [4.69, 9.17) is 9.84 Å². The average Bonchev–Trinajstić information content (AvgIpc) is 3.17. The van der Waals surface area contributed by atoms with Gasteiger partial charge in [0.2, 0.25) is 0 Å². The lowest BCUT2D eigenvalue weighted by molar-refractivity contribution is 0.0816. The summed E-state index contributed by atoms with van der Waals surface area (Å²) in [5.41, 5.74) is 4.20. The van der Waals surface area contributed by atoms with Crippen LogP contribution in [0.15, 0.2) is 78.9 Å². The fourth-order valence-electron chi connectivity index (χ4n) is 3.59. The number of carbonyl (C=O) groups excluding carboxylic acids is 1. The summed E-state index contributed by atoms with van der Waals surface area (Å²) in [4.78, 5) is 13.0. The van der Waals surface area contributed by atoms with Crippen LogP contribution in [0.1, 0.15) is 27.2 Å². The van der Waals surface area contributed by atoms with Gasteiger partial charge in [-0.3, -0.25) is 4.79 Å². The van der Waals surface area contributed by atoms with Crippen molar-refractivity contribution in [1.82, 2.24) is 9.78 Å². The molecular formula is C28H30N2O2Si. The van der Waals surface area contributed by atoms with Crippen LogP contribution in [-0.2, 0) is 11.5 Å². The lowest BCUT2D eigenvalue weighted by atomic mass is 10.0. The number of fused-ring (bicyclic) bond motifs is 1. The molecular weight excluding hydrogens is 424 g/mol. The molecule has 5 heteroatoms. The molecule has 4 aromatic rings. The number of rotatable bonds is 9. The fraction of sp³-hybridized carbons (Fsp3) is 0.214. The first-order valence-corrected chi connectivity index (χ1v) is 15.0. The van der Waals surface area contributed by atoms with E-state index >= 15 is 0 Å². The van der Waals surface area contributed by atoms with Gasteiger partial charge in [0.05, 0.1) is 11.2 Å². The Bertz CT molecular complexity index is 1260. The van der Waals surface area contributed by atoms with Crippen molar-refractivity contribution in [1.29, 1.82) is 0 Å². The highest BCUT2D eigenvalue weighted by Gasteiger charge is 2.15. The van der Waals surface area contributed by atoms with Gasteiger partial charge in [-0.2, -0.15) is 5.10 Å². The Labute approximate surface area is 196 Å². The minimum atomic E-state index is -1.17. The van der Waals surface area contributed by atoms with E-state index < -0.39 is 8.07 Å². The lowest BCUT2D eigenvalue weighted by Crippen LogP contribution is -2.22. The zero-order valence-electron chi connectivity index (χ0n) is 19.5. The molecule has 3 aromatic carbocycles. The summed E-state index contributed by atoms with van der Waals surface area (Å²) < 4.78 is 7.86. The molecule has 0 spiro atoms. The molecule has 0 saturated heterocycles. The van der Waals surface area contributed by atoms with Crippen molar-refractivity contribution in [2.45, 2.75) is 32.4 Å². The number of hydrogen-bond donors (Lipinski definition) is 0. The van der Waals surface area contributed by atoms with E-state index in [1.807, 2.05) is 77.5 Å². The second kappa shape index (κ2) is 10.1. The summed E-state index contributed by atoms with van der Waals surface area (Å²) in [6, 6.07) is 26.4. The highest BCUT2D eigenvalue weighted by Crippen LogP contribution is 2.24. The van der Waals surface area contributed by atoms with Crippen molar-refractivity contribution in [3.05, 3.63) is 101 Å². The van der Waals surface area contributed by atoms with Gasteiger partial charge >= 0.3 is 0 Å². The van der Waals surface area contributed by atoms with E-state index in [0.29, 0.717) is 17.9 Å². The maximum atomic E-state index is 13.0. The summed E-state index contributed by atoms with van der Waals surface area (Å²) in [5.74, 6) is 0.00581. The van der Waals surface area contributed by atoms with Gasteiger partial charge in [0.1, 0.15) is 6.73 Å². The van der Waals surface area contributed by atoms with Gasteiger partial charge in [-0.25, -0.2) is 4.68 Å². The van der Waals surface area contributed by atoms with Crippen LogP contribution < -0.4 is 0 Å².